The van der Waals surface area contributed by atoms with Gasteiger partial charge in [-0.1, -0.05) is 12.2 Å². The first-order chi connectivity index (χ1) is 8.19. The van der Waals surface area contributed by atoms with Crippen LogP contribution in [-0.2, 0) is 9.53 Å². The number of nitrogens with one attached hydrogen (secondary N) is 1. The first-order valence-corrected chi connectivity index (χ1v) is 6.05. The Morgan fingerprint density at radius 3 is 2.44 bits per heavy atom. The van der Waals surface area contributed by atoms with Crippen molar-refractivity contribution in [1.29, 1.82) is 0 Å². The second-order valence-corrected chi connectivity index (χ2v) is 5.58. The molecular formula is C13H21NO4. The second-order valence-electron chi connectivity index (χ2n) is 5.58. The van der Waals surface area contributed by atoms with Crippen LogP contribution >= 0.6 is 0 Å². The lowest BCUT2D eigenvalue weighted by atomic mass is 9.86. The quantitative estimate of drug-likeness (QED) is 0.731. The molecule has 5 heteroatoms. The zero-order valence-electron chi connectivity index (χ0n) is 11.3. The van der Waals surface area contributed by atoms with Crippen LogP contribution in [0.5, 0.6) is 0 Å². The Hall–Kier alpha value is -1.36. The summed E-state index contributed by atoms with van der Waals surface area (Å²) in [6, 6.07) is -0.280. The number of hydrogen-bond acceptors (Lipinski definition) is 4. The average Bonchev–Trinajstić information content (AvgIpc) is 2.17. The van der Waals surface area contributed by atoms with Crippen LogP contribution in [0.4, 0.5) is 4.79 Å². The van der Waals surface area contributed by atoms with Crippen LogP contribution in [0.1, 0.15) is 34.1 Å². The number of carbonyl (C=O) groups excluding carboxylic acids is 2. The van der Waals surface area contributed by atoms with E-state index in [-0.39, 0.29) is 11.8 Å². The highest BCUT2D eigenvalue weighted by atomic mass is 16.6. The topological polar surface area (TPSA) is 75.6 Å². The van der Waals surface area contributed by atoms with E-state index < -0.39 is 23.7 Å². The molecule has 0 aromatic carbocycles. The molecule has 1 rings (SSSR count). The minimum absolute atomic E-state index is 0.0807. The number of amides is 1. The van der Waals surface area contributed by atoms with E-state index in [9.17, 15) is 14.7 Å². The first-order valence-electron chi connectivity index (χ1n) is 6.05. The van der Waals surface area contributed by atoms with Crippen LogP contribution in [0.15, 0.2) is 12.2 Å². The highest BCUT2D eigenvalue weighted by Gasteiger charge is 2.30. The molecule has 1 aliphatic rings. The van der Waals surface area contributed by atoms with Gasteiger partial charge in [-0.3, -0.25) is 4.79 Å². The molecule has 0 radical (unpaired) electrons. The summed E-state index contributed by atoms with van der Waals surface area (Å²) in [7, 11) is 0. The maximum atomic E-state index is 11.6. The molecule has 2 unspecified atom stereocenters. The zero-order valence-corrected chi connectivity index (χ0v) is 11.3. The number of rotatable bonds is 2. The van der Waals surface area contributed by atoms with Crippen molar-refractivity contribution < 1.29 is 19.4 Å². The lowest BCUT2D eigenvalue weighted by Crippen LogP contribution is -2.43. The van der Waals surface area contributed by atoms with E-state index in [0.29, 0.717) is 6.42 Å². The number of carbonyl (C=O) groups is 2. The van der Waals surface area contributed by atoms with Gasteiger partial charge in [0.1, 0.15) is 11.4 Å². The third-order valence-electron chi connectivity index (χ3n) is 2.69. The van der Waals surface area contributed by atoms with Crippen molar-refractivity contribution in [3.8, 4) is 0 Å². The van der Waals surface area contributed by atoms with Crippen molar-refractivity contribution in [1.82, 2.24) is 5.32 Å². The molecule has 102 valence electrons. The number of ether oxygens (including phenoxy) is 1. The van der Waals surface area contributed by atoms with Gasteiger partial charge >= 0.3 is 6.09 Å². The third kappa shape index (κ3) is 4.49. The van der Waals surface area contributed by atoms with E-state index in [1.807, 2.05) is 0 Å². The SMILES string of the molecule is CC(=O)C1C[C@H](NC(=O)OC(C)(C)C)C=CC1O. The Morgan fingerprint density at radius 2 is 1.94 bits per heavy atom. The van der Waals surface area contributed by atoms with E-state index in [0.717, 1.165) is 0 Å². The predicted octanol–water partition coefficient (Wildman–Crippen LogP) is 1.41. The summed E-state index contributed by atoms with van der Waals surface area (Å²) in [5, 5.41) is 12.3. The standard InChI is InChI=1S/C13H21NO4/c1-8(15)10-7-9(5-6-11(10)16)14-12(17)18-13(2,3)4/h5-6,9-11,16H,7H2,1-4H3,(H,14,17)/t9-,10?,11?/m1/s1. The maximum absolute atomic E-state index is 11.6. The van der Waals surface area contributed by atoms with Gasteiger partial charge in [-0.2, -0.15) is 0 Å². The van der Waals surface area contributed by atoms with Gasteiger partial charge in [0.15, 0.2) is 0 Å². The van der Waals surface area contributed by atoms with Crippen LogP contribution in [0.3, 0.4) is 0 Å². The number of alkyl carbamates (subject to hydrolysis) is 1. The Labute approximate surface area is 107 Å². The molecule has 0 heterocycles. The van der Waals surface area contributed by atoms with Gasteiger partial charge in [0.2, 0.25) is 0 Å². The summed E-state index contributed by atoms with van der Waals surface area (Å²) in [6.07, 6.45) is 2.34. The average molecular weight is 255 g/mol. The fourth-order valence-corrected chi connectivity index (χ4v) is 1.85. The second kappa shape index (κ2) is 5.52. The molecule has 0 saturated carbocycles. The molecule has 18 heavy (non-hydrogen) atoms. The van der Waals surface area contributed by atoms with Crippen LogP contribution in [0.2, 0.25) is 0 Å². The van der Waals surface area contributed by atoms with Gasteiger partial charge in [0.25, 0.3) is 0 Å². The predicted molar refractivity (Wildman–Crippen MR) is 67.1 cm³/mol. The van der Waals surface area contributed by atoms with Gasteiger partial charge in [0.05, 0.1) is 12.1 Å². The zero-order chi connectivity index (χ0) is 13.9. The van der Waals surface area contributed by atoms with E-state index in [1.54, 1.807) is 26.8 Å². The molecule has 1 amide bonds. The largest absolute Gasteiger partial charge is 0.444 e. The van der Waals surface area contributed by atoms with Gasteiger partial charge in [-0.25, -0.2) is 4.79 Å². The van der Waals surface area contributed by atoms with Gasteiger partial charge in [-0.05, 0) is 34.1 Å². The number of aliphatic hydroxyl groups excluding tert-OH is 1. The fourth-order valence-electron chi connectivity index (χ4n) is 1.85. The van der Waals surface area contributed by atoms with Crippen LogP contribution in [0.25, 0.3) is 0 Å². The summed E-state index contributed by atoms with van der Waals surface area (Å²) in [4.78, 5) is 22.9. The molecular weight excluding hydrogens is 234 g/mol. The van der Waals surface area contributed by atoms with E-state index in [4.69, 9.17) is 4.74 Å². The molecule has 0 aliphatic heterocycles. The Kier molecular flexibility index (Phi) is 4.51. The molecule has 0 bridgehead atoms. The number of ketones is 1. The van der Waals surface area contributed by atoms with E-state index in [1.165, 1.54) is 13.0 Å². The van der Waals surface area contributed by atoms with Crippen molar-refractivity contribution in [3.05, 3.63) is 12.2 Å². The highest BCUT2D eigenvalue weighted by Crippen LogP contribution is 2.20. The lowest BCUT2D eigenvalue weighted by molar-refractivity contribution is -0.123. The minimum Gasteiger partial charge on any atom is -0.444 e. The summed E-state index contributed by atoms with van der Waals surface area (Å²) >= 11 is 0. The molecule has 1 aliphatic carbocycles. The van der Waals surface area contributed by atoms with Crippen molar-refractivity contribution >= 4 is 11.9 Å². The summed E-state index contributed by atoms with van der Waals surface area (Å²) in [5.41, 5.74) is -0.554. The Balaban J connectivity index is 2.56. The Morgan fingerprint density at radius 1 is 1.33 bits per heavy atom. The van der Waals surface area contributed by atoms with E-state index >= 15 is 0 Å². The highest BCUT2D eigenvalue weighted by molar-refractivity contribution is 5.79. The minimum atomic E-state index is -0.765. The van der Waals surface area contributed by atoms with Crippen LogP contribution in [0, 0.1) is 5.92 Å². The molecule has 0 aromatic heterocycles. The monoisotopic (exact) mass is 255 g/mol. The lowest BCUT2D eigenvalue weighted by Gasteiger charge is -2.28. The molecule has 0 spiro atoms. The van der Waals surface area contributed by atoms with Crippen LogP contribution in [-0.4, -0.2) is 34.7 Å². The van der Waals surface area contributed by atoms with Crippen molar-refractivity contribution in [3.63, 3.8) is 0 Å². The van der Waals surface area contributed by atoms with Gasteiger partial charge < -0.3 is 15.2 Å². The molecule has 0 fully saturated rings. The maximum Gasteiger partial charge on any atom is 0.408 e. The summed E-state index contributed by atoms with van der Waals surface area (Å²) < 4.78 is 5.13. The summed E-state index contributed by atoms with van der Waals surface area (Å²) in [5.74, 6) is -0.544. The molecule has 2 N–H and O–H groups in total. The third-order valence-corrected chi connectivity index (χ3v) is 2.69. The number of Topliss-reactive ketones (excluding diaryl/α,β-unsaturated/α-hetero) is 1. The van der Waals surface area contributed by atoms with Crippen molar-refractivity contribution in [2.24, 2.45) is 5.92 Å². The fraction of sp³-hybridized carbons (Fsp3) is 0.692. The molecule has 5 nitrogen and oxygen atoms in total. The molecule has 0 saturated heterocycles. The van der Waals surface area contributed by atoms with Crippen molar-refractivity contribution in [2.45, 2.75) is 51.9 Å². The molecule has 0 aromatic rings. The van der Waals surface area contributed by atoms with Gasteiger partial charge in [-0.15, -0.1) is 0 Å². The molecule has 3 atom stereocenters. The van der Waals surface area contributed by atoms with E-state index in [2.05, 4.69) is 5.32 Å². The van der Waals surface area contributed by atoms with Gasteiger partial charge in [0, 0.05) is 5.92 Å². The normalized spacial score (nSPS) is 27.7. The smallest absolute Gasteiger partial charge is 0.408 e. The Bertz CT molecular complexity index is 356. The summed E-state index contributed by atoms with van der Waals surface area (Å²) in [6.45, 7) is 6.79. The first kappa shape index (κ1) is 14.7. The number of aliphatic hydroxyl groups is 1. The van der Waals surface area contributed by atoms with Crippen LogP contribution < -0.4 is 5.32 Å². The number of hydrogen-bond donors (Lipinski definition) is 2. The van der Waals surface area contributed by atoms with Crippen molar-refractivity contribution in [2.75, 3.05) is 0 Å².